The molecule has 0 spiro atoms. The lowest BCUT2D eigenvalue weighted by Gasteiger charge is -2.19. The first-order valence-electron chi connectivity index (χ1n) is 9.75. The summed E-state index contributed by atoms with van der Waals surface area (Å²) in [7, 11) is -1.95. The van der Waals surface area contributed by atoms with Crippen LogP contribution in [-0.2, 0) is 35.8 Å². The van der Waals surface area contributed by atoms with Crippen molar-refractivity contribution in [3.8, 4) is 0 Å². The lowest BCUT2D eigenvalue weighted by molar-refractivity contribution is -0.0566. The number of aliphatic hydroxyl groups is 1. The molecule has 1 aliphatic rings. The number of hydrogen-bond acceptors (Lipinski definition) is 10. The van der Waals surface area contributed by atoms with Gasteiger partial charge in [0.25, 0.3) is 5.56 Å². The number of ether oxygens (including phenoxy) is 2. The zero-order valence-electron chi connectivity index (χ0n) is 17.4. The first-order valence-corrected chi connectivity index (χ1v) is 11.5. The maximum absolute atomic E-state index is 12.7. The second-order valence-corrected chi connectivity index (χ2v) is 8.86. The average molecular weight is 459 g/mol. The number of methoxy groups -OCH3 is 1. The van der Waals surface area contributed by atoms with Crippen LogP contribution in [0.4, 0.5) is 0 Å². The van der Waals surface area contributed by atoms with Gasteiger partial charge in [0, 0.05) is 25.6 Å². The fraction of sp³-hybridized carbons (Fsp3) is 0.647. The lowest BCUT2D eigenvalue weighted by Crippen LogP contribution is -2.38. The van der Waals surface area contributed by atoms with Gasteiger partial charge in [-0.25, -0.2) is 9.48 Å². The highest BCUT2D eigenvalue weighted by Gasteiger charge is 2.45. The van der Waals surface area contributed by atoms with Crippen LogP contribution in [0.15, 0.2) is 28.0 Å². The van der Waals surface area contributed by atoms with Crippen LogP contribution in [-0.4, -0.2) is 68.3 Å². The number of hydrogen-bond donors (Lipinski definition) is 2. The first-order chi connectivity index (χ1) is 14.8. The summed E-state index contributed by atoms with van der Waals surface area (Å²) in [5.74, 6) is 0. The van der Waals surface area contributed by atoms with Crippen molar-refractivity contribution in [2.24, 2.45) is 0 Å². The van der Waals surface area contributed by atoms with E-state index in [1.54, 1.807) is 20.0 Å². The van der Waals surface area contributed by atoms with Crippen molar-refractivity contribution in [3.63, 3.8) is 0 Å². The van der Waals surface area contributed by atoms with Crippen LogP contribution in [0.2, 0.25) is 0 Å². The van der Waals surface area contributed by atoms with E-state index in [0.29, 0.717) is 5.69 Å². The summed E-state index contributed by atoms with van der Waals surface area (Å²) in [6.07, 6.45) is -0.880. The molecule has 13 nitrogen and oxygen atoms in total. The molecular formula is C17H26N5O8P. The van der Waals surface area contributed by atoms with Crippen LogP contribution in [0.1, 0.15) is 25.8 Å². The van der Waals surface area contributed by atoms with E-state index < -0.39 is 43.4 Å². The summed E-state index contributed by atoms with van der Waals surface area (Å²) < 4.78 is 36.9. The van der Waals surface area contributed by atoms with Crippen LogP contribution in [0.5, 0.6) is 0 Å². The van der Waals surface area contributed by atoms with Crippen LogP contribution in [0, 0.1) is 0 Å². The molecule has 4 atom stereocenters. The number of nitrogens with zero attached hydrogens (tertiary/aromatic N) is 4. The molecule has 0 aromatic carbocycles. The van der Waals surface area contributed by atoms with Crippen LogP contribution in [0.3, 0.4) is 0 Å². The SMILES string of the molecule is CCOP(=O)(Cc1cn(CC2OC(n3ccc(=O)[nH]c3=O)C(OC)C2O)nn1)OCC. The molecular weight excluding hydrogens is 433 g/mol. The molecule has 0 amide bonds. The third-order valence-electron chi connectivity index (χ3n) is 4.67. The molecule has 31 heavy (non-hydrogen) atoms. The molecule has 0 aliphatic carbocycles. The number of rotatable bonds is 10. The molecule has 2 aromatic rings. The number of aromatic amines is 1. The Labute approximate surface area is 177 Å². The highest BCUT2D eigenvalue weighted by Crippen LogP contribution is 2.50. The molecule has 14 heteroatoms. The molecule has 1 aliphatic heterocycles. The molecule has 1 fully saturated rings. The van der Waals surface area contributed by atoms with Crippen molar-refractivity contribution in [2.75, 3.05) is 20.3 Å². The van der Waals surface area contributed by atoms with Gasteiger partial charge in [-0.3, -0.25) is 18.9 Å². The molecule has 1 saturated heterocycles. The first kappa shape index (κ1) is 23.5. The van der Waals surface area contributed by atoms with E-state index in [1.165, 1.54) is 24.1 Å². The van der Waals surface area contributed by atoms with E-state index in [1.807, 2.05) is 0 Å². The number of aliphatic hydroxyl groups excluding tert-OH is 1. The van der Waals surface area contributed by atoms with Crippen LogP contribution < -0.4 is 11.2 Å². The third-order valence-corrected chi connectivity index (χ3v) is 6.69. The lowest BCUT2D eigenvalue weighted by atomic mass is 10.1. The standard InChI is InChI=1S/C17H26N5O8P/c1-4-28-31(26,29-5-2)10-11-8-21(20-19-11)9-12-14(24)15(27-3)16(30-12)22-7-6-13(23)18-17(22)25/h6-8,12,14-16,24H,4-5,9-10H2,1-3H3,(H,18,23,25). The Morgan fingerprint density at radius 2 is 2.00 bits per heavy atom. The van der Waals surface area contributed by atoms with E-state index in [-0.39, 0.29) is 25.9 Å². The Morgan fingerprint density at radius 1 is 1.29 bits per heavy atom. The van der Waals surface area contributed by atoms with Gasteiger partial charge in [0.2, 0.25) is 0 Å². The van der Waals surface area contributed by atoms with Gasteiger partial charge >= 0.3 is 13.3 Å². The van der Waals surface area contributed by atoms with Crippen LogP contribution >= 0.6 is 7.60 Å². The molecule has 4 unspecified atom stereocenters. The summed E-state index contributed by atoms with van der Waals surface area (Å²) in [6, 6.07) is 1.18. The zero-order valence-corrected chi connectivity index (χ0v) is 18.3. The van der Waals surface area contributed by atoms with Crippen molar-refractivity contribution in [1.82, 2.24) is 24.5 Å². The maximum atomic E-state index is 12.7. The Bertz CT molecular complexity index is 1030. The maximum Gasteiger partial charge on any atom is 0.336 e. The summed E-state index contributed by atoms with van der Waals surface area (Å²) >= 11 is 0. The number of nitrogens with one attached hydrogen (secondary N) is 1. The van der Waals surface area contributed by atoms with Crippen molar-refractivity contribution in [1.29, 1.82) is 0 Å². The summed E-state index contributed by atoms with van der Waals surface area (Å²) in [4.78, 5) is 25.6. The highest BCUT2D eigenvalue weighted by molar-refractivity contribution is 7.53. The highest BCUT2D eigenvalue weighted by atomic mass is 31.2. The monoisotopic (exact) mass is 459 g/mol. The molecule has 3 heterocycles. The summed E-state index contributed by atoms with van der Waals surface area (Å²) in [5, 5.41) is 18.6. The molecule has 0 saturated carbocycles. The topological polar surface area (TPSA) is 160 Å². The van der Waals surface area contributed by atoms with Gasteiger partial charge in [-0.05, 0) is 13.8 Å². The number of aromatic nitrogens is 5. The van der Waals surface area contributed by atoms with Crippen molar-refractivity contribution < 1.29 is 28.2 Å². The number of H-pyrrole nitrogens is 1. The minimum absolute atomic E-state index is 0.0428. The second kappa shape index (κ2) is 9.98. The van der Waals surface area contributed by atoms with Crippen molar-refractivity contribution >= 4 is 7.60 Å². The Hall–Kier alpha value is -2.15. The van der Waals surface area contributed by atoms with E-state index in [2.05, 4.69) is 15.3 Å². The van der Waals surface area contributed by atoms with Gasteiger partial charge in [0.15, 0.2) is 6.23 Å². The molecule has 0 bridgehead atoms. The Balaban J connectivity index is 1.74. The van der Waals surface area contributed by atoms with E-state index in [9.17, 15) is 19.3 Å². The molecule has 2 N–H and O–H groups in total. The van der Waals surface area contributed by atoms with Gasteiger partial charge < -0.3 is 23.6 Å². The smallest absolute Gasteiger partial charge is 0.336 e. The third kappa shape index (κ3) is 5.37. The summed E-state index contributed by atoms with van der Waals surface area (Å²) in [6.45, 7) is 4.00. The Morgan fingerprint density at radius 3 is 2.61 bits per heavy atom. The minimum Gasteiger partial charge on any atom is -0.387 e. The molecule has 3 rings (SSSR count). The van der Waals surface area contributed by atoms with Gasteiger partial charge in [-0.1, -0.05) is 5.21 Å². The predicted molar refractivity (Wildman–Crippen MR) is 107 cm³/mol. The van der Waals surface area contributed by atoms with Crippen molar-refractivity contribution in [3.05, 3.63) is 45.0 Å². The van der Waals surface area contributed by atoms with E-state index >= 15 is 0 Å². The van der Waals surface area contributed by atoms with Gasteiger partial charge in [0.1, 0.15) is 18.3 Å². The van der Waals surface area contributed by atoms with E-state index in [0.717, 1.165) is 4.57 Å². The second-order valence-electron chi connectivity index (χ2n) is 6.81. The largest absolute Gasteiger partial charge is 0.387 e. The van der Waals surface area contributed by atoms with Crippen LogP contribution in [0.25, 0.3) is 0 Å². The molecule has 0 radical (unpaired) electrons. The fourth-order valence-electron chi connectivity index (χ4n) is 3.38. The van der Waals surface area contributed by atoms with Gasteiger partial charge in [-0.2, -0.15) is 0 Å². The average Bonchev–Trinajstić information content (AvgIpc) is 3.26. The molecule has 2 aromatic heterocycles. The molecule has 172 valence electrons. The normalized spacial score (nSPS) is 24.0. The predicted octanol–water partition coefficient (Wildman–Crippen LogP) is -0.132. The van der Waals surface area contributed by atoms with E-state index in [4.69, 9.17) is 18.5 Å². The fourth-order valence-corrected chi connectivity index (χ4v) is 4.97. The minimum atomic E-state index is -3.33. The zero-order chi connectivity index (χ0) is 22.6. The summed E-state index contributed by atoms with van der Waals surface area (Å²) in [5.41, 5.74) is -0.829. The quantitative estimate of drug-likeness (QED) is 0.458. The van der Waals surface area contributed by atoms with Gasteiger partial charge in [-0.15, -0.1) is 5.10 Å². The Kier molecular flexibility index (Phi) is 7.57. The van der Waals surface area contributed by atoms with Gasteiger partial charge in [0.05, 0.1) is 31.6 Å². The van der Waals surface area contributed by atoms with Crippen molar-refractivity contribution in [2.45, 2.75) is 51.1 Å².